The van der Waals surface area contributed by atoms with Gasteiger partial charge in [0.05, 0.1) is 6.54 Å². The van der Waals surface area contributed by atoms with Gasteiger partial charge in [-0.05, 0) is 45.7 Å². The second-order valence-corrected chi connectivity index (χ2v) is 6.11. The fourth-order valence-corrected chi connectivity index (χ4v) is 2.56. The number of nitrogens with zero attached hydrogens (tertiary/aromatic N) is 3. The first-order chi connectivity index (χ1) is 10.3. The molecule has 1 rings (SSSR count). The smallest absolute Gasteiger partial charge is 0.357 e. The molecule has 0 aromatic heterocycles. The Bertz CT molecular complexity index is 336. The first kappa shape index (κ1) is 19.1. The Morgan fingerprint density at radius 3 is 2.50 bits per heavy atom. The summed E-state index contributed by atoms with van der Waals surface area (Å²) >= 11 is 0. The summed E-state index contributed by atoms with van der Waals surface area (Å²) in [5, 5.41) is 3.28. The number of piperidine rings is 1. The molecule has 7 heteroatoms. The van der Waals surface area contributed by atoms with E-state index in [4.69, 9.17) is 0 Å². The lowest BCUT2D eigenvalue weighted by atomic mass is 10.00. The molecule has 0 aliphatic carbocycles. The quantitative estimate of drug-likeness (QED) is 0.463. The van der Waals surface area contributed by atoms with E-state index < -0.39 is 12.7 Å². The van der Waals surface area contributed by atoms with Crippen LogP contribution in [0.15, 0.2) is 4.99 Å². The van der Waals surface area contributed by atoms with Gasteiger partial charge in [-0.3, -0.25) is 9.89 Å². The third-order valence-corrected chi connectivity index (χ3v) is 3.83. The van der Waals surface area contributed by atoms with Gasteiger partial charge in [-0.15, -0.1) is 0 Å². The normalized spacial score (nSPS) is 18.1. The van der Waals surface area contributed by atoms with Gasteiger partial charge in [0.2, 0.25) is 0 Å². The molecule has 0 bridgehead atoms. The van der Waals surface area contributed by atoms with Crippen molar-refractivity contribution in [2.45, 2.75) is 39.3 Å². The van der Waals surface area contributed by atoms with Crippen LogP contribution in [0.5, 0.6) is 0 Å². The van der Waals surface area contributed by atoms with E-state index in [-0.39, 0.29) is 0 Å². The minimum atomic E-state index is -4.13. The number of rotatable bonds is 6. The zero-order valence-electron chi connectivity index (χ0n) is 13.9. The SMILES string of the molecule is CCNC(=NCCCN(C)CC(F)(F)F)N1CCC(C)CC1. The van der Waals surface area contributed by atoms with Crippen molar-refractivity contribution >= 4 is 5.96 Å². The fourth-order valence-electron chi connectivity index (χ4n) is 2.56. The Labute approximate surface area is 131 Å². The van der Waals surface area contributed by atoms with E-state index in [1.807, 2.05) is 6.92 Å². The average Bonchev–Trinajstić information content (AvgIpc) is 2.41. The maximum absolute atomic E-state index is 12.2. The zero-order valence-corrected chi connectivity index (χ0v) is 13.9. The average molecular weight is 322 g/mol. The van der Waals surface area contributed by atoms with Crippen molar-refractivity contribution in [1.29, 1.82) is 0 Å². The number of halogens is 3. The molecule has 4 nitrogen and oxygen atoms in total. The molecule has 1 N–H and O–H groups in total. The number of alkyl halides is 3. The van der Waals surface area contributed by atoms with Crippen LogP contribution >= 0.6 is 0 Å². The van der Waals surface area contributed by atoms with E-state index >= 15 is 0 Å². The summed E-state index contributed by atoms with van der Waals surface area (Å²) in [6.07, 6.45) is -1.17. The van der Waals surface area contributed by atoms with Crippen LogP contribution in [0.3, 0.4) is 0 Å². The van der Waals surface area contributed by atoms with Crippen LogP contribution in [-0.2, 0) is 0 Å². The molecule has 1 aliphatic rings. The predicted molar refractivity (Wildman–Crippen MR) is 84.1 cm³/mol. The summed E-state index contributed by atoms with van der Waals surface area (Å²) in [6.45, 7) is 7.19. The topological polar surface area (TPSA) is 30.9 Å². The van der Waals surface area contributed by atoms with Gasteiger partial charge < -0.3 is 10.2 Å². The van der Waals surface area contributed by atoms with Gasteiger partial charge in [0.25, 0.3) is 0 Å². The maximum Gasteiger partial charge on any atom is 0.401 e. The number of nitrogens with one attached hydrogen (secondary N) is 1. The molecule has 1 aliphatic heterocycles. The molecular formula is C15H29F3N4. The lowest BCUT2D eigenvalue weighted by Crippen LogP contribution is -2.45. The standard InChI is InChI=1S/C15H29F3N4/c1-4-19-14(22-10-6-13(2)7-11-22)20-8-5-9-21(3)12-15(16,17)18/h13H,4-12H2,1-3H3,(H,19,20). The van der Waals surface area contributed by atoms with Crippen LogP contribution in [0, 0.1) is 5.92 Å². The molecule has 1 fully saturated rings. The molecule has 0 saturated carbocycles. The number of aliphatic imine (C=N–C) groups is 1. The second-order valence-electron chi connectivity index (χ2n) is 6.11. The van der Waals surface area contributed by atoms with Crippen LogP contribution in [0.2, 0.25) is 0 Å². The highest BCUT2D eigenvalue weighted by molar-refractivity contribution is 5.80. The molecule has 0 amide bonds. The maximum atomic E-state index is 12.2. The zero-order chi connectivity index (χ0) is 16.6. The van der Waals surface area contributed by atoms with Crippen LogP contribution in [0.25, 0.3) is 0 Å². The van der Waals surface area contributed by atoms with Crippen molar-refractivity contribution in [3.05, 3.63) is 0 Å². The molecule has 0 radical (unpaired) electrons. The minimum absolute atomic E-state index is 0.402. The van der Waals surface area contributed by atoms with E-state index in [1.54, 1.807) is 0 Å². The molecule has 0 atom stereocenters. The van der Waals surface area contributed by atoms with Gasteiger partial charge in [-0.1, -0.05) is 6.92 Å². The lowest BCUT2D eigenvalue weighted by Gasteiger charge is -2.33. The molecule has 1 saturated heterocycles. The number of hydrogen-bond acceptors (Lipinski definition) is 2. The highest BCUT2D eigenvalue weighted by Crippen LogP contribution is 2.16. The molecule has 0 unspecified atom stereocenters. The van der Waals surface area contributed by atoms with Gasteiger partial charge in [-0.2, -0.15) is 13.2 Å². The lowest BCUT2D eigenvalue weighted by molar-refractivity contribution is -0.143. The van der Waals surface area contributed by atoms with Gasteiger partial charge in [-0.25, -0.2) is 0 Å². The summed E-state index contributed by atoms with van der Waals surface area (Å²) in [4.78, 5) is 8.10. The first-order valence-electron chi connectivity index (χ1n) is 8.10. The third-order valence-electron chi connectivity index (χ3n) is 3.83. The van der Waals surface area contributed by atoms with Crippen LogP contribution < -0.4 is 5.32 Å². The second kappa shape index (κ2) is 9.22. The van der Waals surface area contributed by atoms with Gasteiger partial charge in [0.15, 0.2) is 5.96 Å². The number of likely N-dealkylation sites (tertiary alicyclic amines) is 1. The molecule has 0 aromatic rings. The molecule has 130 valence electrons. The van der Waals surface area contributed by atoms with Crippen molar-refractivity contribution < 1.29 is 13.2 Å². The van der Waals surface area contributed by atoms with E-state index in [9.17, 15) is 13.2 Å². The Kier molecular flexibility index (Phi) is 8.00. The molecule has 1 heterocycles. The van der Waals surface area contributed by atoms with E-state index in [0.29, 0.717) is 19.5 Å². The Morgan fingerprint density at radius 2 is 1.95 bits per heavy atom. The van der Waals surface area contributed by atoms with Crippen molar-refractivity contribution in [3.8, 4) is 0 Å². The number of hydrogen-bond donors (Lipinski definition) is 1. The van der Waals surface area contributed by atoms with Crippen molar-refractivity contribution in [1.82, 2.24) is 15.1 Å². The molecule has 22 heavy (non-hydrogen) atoms. The van der Waals surface area contributed by atoms with Crippen molar-refractivity contribution in [3.63, 3.8) is 0 Å². The van der Waals surface area contributed by atoms with Crippen LogP contribution in [0.4, 0.5) is 13.2 Å². The van der Waals surface area contributed by atoms with Gasteiger partial charge in [0, 0.05) is 26.2 Å². The number of guanidine groups is 1. The summed E-state index contributed by atoms with van der Waals surface area (Å²) < 4.78 is 36.7. The van der Waals surface area contributed by atoms with Crippen molar-refractivity contribution in [2.75, 3.05) is 46.3 Å². The fraction of sp³-hybridized carbons (Fsp3) is 0.933. The predicted octanol–water partition coefficient (Wildman–Crippen LogP) is 2.57. The highest BCUT2D eigenvalue weighted by atomic mass is 19.4. The van der Waals surface area contributed by atoms with E-state index in [2.05, 4.69) is 22.1 Å². The van der Waals surface area contributed by atoms with Gasteiger partial charge in [0.1, 0.15) is 0 Å². The van der Waals surface area contributed by atoms with Crippen molar-refractivity contribution in [2.24, 2.45) is 10.9 Å². The summed E-state index contributed by atoms with van der Waals surface area (Å²) in [6, 6.07) is 0. The Hall–Kier alpha value is -0.980. The molecular weight excluding hydrogens is 293 g/mol. The summed E-state index contributed by atoms with van der Waals surface area (Å²) in [5.41, 5.74) is 0. The van der Waals surface area contributed by atoms with Crippen LogP contribution in [-0.4, -0.2) is 68.3 Å². The first-order valence-corrected chi connectivity index (χ1v) is 8.10. The van der Waals surface area contributed by atoms with E-state index in [0.717, 1.165) is 31.5 Å². The Balaban J connectivity index is 2.36. The molecule has 0 aromatic carbocycles. The summed E-state index contributed by atoms with van der Waals surface area (Å²) in [5.74, 6) is 1.66. The highest BCUT2D eigenvalue weighted by Gasteiger charge is 2.28. The van der Waals surface area contributed by atoms with Crippen LogP contribution in [0.1, 0.15) is 33.1 Å². The minimum Gasteiger partial charge on any atom is -0.357 e. The Morgan fingerprint density at radius 1 is 1.32 bits per heavy atom. The monoisotopic (exact) mass is 322 g/mol. The largest absolute Gasteiger partial charge is 0.401 e. The summed E-state index contributed by atoms with van der Waals surface area (Å²) in [7, 11) is 1.49. The third kappa shape index (κ3) is 7.87. The van der Waals surface area contributed by atoms with Gasteiger partial charge >= 0.3 is 6.18 Å². The van der Waals surface area contributed by atoms with E-state index in [1.165, 1.54) is 24.8 Å². The molecule has 0 spiro atoms.